The number of amides is 1. The standard InChI is InChI=1S/C19H20F2N2O4S/c20-17-8-7-13(11-18(17)21)22-19(25)12-3-1-6-16(9-12)28(26,27)23-14-4-2-5-15(24)10-14/h1,3,6-9,11,14-15,23-24H,2,4-5,10H2,(H,22,25). The molecule has 0 aliphatic heterocycles. The summed E-state index contributed by atoms with van der Waals surface area (Å²) in [5.74, 6) is -2.80. The third-order valence-corrected chi connectivity index (χ3v) is 6.07. The minimum absolute atomic E-state index is 0.0477. The van der Waals surface area contributed by atoms with Gasteiger partial charge in [0.1, 0.15) is 0 Å². The quantitative estimate of drug-likeness (QED) is 0.706. The highest BCUT2D eigenvalue weighted by Crippen LogP contribution is 2.21. The minimum Gasteiger partial charge on any atom is -0.393 e. The molecular weight excluding hydrogens is 390 g/mol. The molecule has 1 aliphatic rings. The number of hydrogen-bond acceptors (Lipinski definition) is 4. The first kappa shape index (κ1) is 20.4. The minimum atomic E-state index is -3.88. The van der Waals surface area contributed by atoms with E-state index in [1.807, 2.05) is 0 Å². The zero-order valence-electron chi connectivity index (χ0n) is 14.9. The number of carbonyl (C=O) groups excluding carboxylic acids is 1. The maximum atomic E-state index is 13.3. The largest absolute Gasteiger partial charge is 0.393 e. The van der Waals surface area contributed by atoms with E-state index in [1.54, 1.807) is 0 Å². The molecule has 2 aromatic rings. The molecule has 0 saturated heterocycles. The topological polar surface area (TPSA) is 95.5 Å². The zero-order valence-corrected chi connectivity index (χ0v) is 15.7. The number of hydrogen-bond donors (Lipinski definition) is 3. The van der Waals surface area contributed by atoms with Gasteiger partial charge in [-0.25, -0.2) is 21.9 Å². The summed E-state index contributed by atoms with van der Waals surface area (Å²) in [4.78, 5) is 12.3. The van der Waals surface area contributed by atoms with E-state index in [2.05, 4.69) is 10.0 Å². The fourth-order valence-electron chi connectivity index (χ4n) is 3.14. The van der Waals surface area contributed by atoms with Crippen molar-refractivity contribution in [2.75, 3.05) is 5.32 Å². The van der Waals surface area contributed by atoms with Crippen LogP contribution in [0.2, 0.25) is 0 Å². The van der Waals surface area contributed by atoms with Gasteiger partial charge in [0.05, 0.1) is 11.0 Å². The van der Waals surface area contributed by atoms with Crippen molar-refractivity contribution in [1.82, 2.24) is 4.72 Å². The summed E-state index contributed by atoms with van der Waals surface area (Å²) in [7, 11) is -3.88. The molecule has 1 amide bonds. The van der Waals surface area contributed by atoms with Gasteiger partial charge in [0.15, 0.2) is 11.6 Å². The van der Waals surface area contributed by atoms with E-state index in [9.17, 15) is 27.1 Å². The van der Waals surface area contributed by atoms with Crippen molar-refractivity contribution < 1.29 is 27.1 Å². The molecule has 0 bridgehead atoms. The number of nitrogens with one attached hydrogen (secondary N) is 2. The number of anilines is 1. The first-order valence-electron chi connectivity index (χ1n) is 8.81. The van der Waals surface area contributed by atoms with E-state index in [1.165, 1.54) is 30.3 Å². The third-order valence-electron chi connectivity index (χ3n) is 4.55. The molecule has 150 valence electrons. The molecule has 1 saturated carbocycles. The number of rotatable bonds is 5. The summed E-state index contributed by atoms with van der Waals surface area (Å²) in [5, 5.41) is 12.1. The van der Waals surface area contributed by atoms with Crippen LogP contribution in [0.3, 0.4) is 0 Å². The Hall–Kier alpha value is -2.36. The van der Waals surface area contributed by atoms with Gasteiger partial charge in [0.25, 0.3) is 5.91 Å². The van der Waals surface area contributed by atoms with Crippen molar-refractivity contribution in [3.8, 4) is 0 Å². The Morgan fingerprint density at radius 2 is 1.86 bits per heavy atom. The highest BCUT2D eigenvalue weighted by molar-refractivity contribution is 7.89. The van der Waals surface area contributed by atoms with E-state index in [4.69, 9.17) is 0 Å². The summed E-state index contributed by atoms with van der Waals surface area (Å²) >= 11 is 0. The second kappa shape index (κ2) is 8.34. The van der Waals surface area contributed by atoms with Gasteiger partial charge >= 0.3 is 0 Å². The molecule has 0 heterocycles. The van der Waals surface area contributed by atoms with Crippen LogP contribution < -0.4 is 10.0 Å². The highest BCUT2D eigenvalue weighted by atomic mass is 32.2. The number of carbonyl (C=O) groups is 1. The van der Waals surface area contributed by atoms with Crippen molar-refractivity contribution in [2.45, 2.75) is 42.7 Å². The van der Waals surface area contributed by atoms with Crippen LogP contribution in [0.5, 0.6) is 0 Å². The molecule has 6 nitrogen and oxygen atoms in total. The lowest BCUT2D eigenvalue weighted by Gasteiger charge is -2.26. The smallest absolute Gasteiger partial charge is 0.255 e. The second-order valence-corrected chi connectivity index (χ2v) is 8.46. The summed E-state index contributed by atoms with van der Waals surface area (Å²) < 4.78 is 54.0. The van der Waals surface area contributed by atoms with E-state index in [-0.39, 0.29) is 22.2 Å². The van der Waals surface area contributed by atoms with Crippen molar-refractivity contribution >= 4 is 21.6 Å². The molecule has 2 atom stereocenters. The van der Waals surface area contributed by atoms with Gasteiger partial charge in [0, 0.05) is 23.4 Å². The van der Waals surface area contributed by atoms with E-state index in [0.29, 0.717) is 19.3 Å². The fraction of sp³-hybridized carbons (Fsp3) is 0.316. The van der Waals surface area contributed by atoms with Gasteiger partial charge in [-0.05, 0) is 56.0 Å². The van der Waals surface area contributed by atoms with Gasteiger partial charge in [-0.15, -0.1) is 0 Å². The first-order chi connectivity index (χ1) is 13.2. The number of benzene rings is 2. The van der Waals surface area contributed by atoms with Crippen LogP contribution in [-0.4, -0.2) is 31.6 Å². The Morgan fingerprint density at radius 3 is 2.57 bits per heavy atom. The molecule has 2 aromatic carbocycles. The van der Waals surface area contributed by atoms with Crippen LogP contribution in [0.25, 0.3) is 0 Å². The molecule has 3 N–H and O–H groups in total. The maximum Gasteiger partial charge on any atom is 0.255 e. The Balaban J connectivity index is 1.75. The van der Waals surface area contributed by atoms with Gasteiger partial charge in [-0.2, -0.15) is 0 Å². The molecule has 0 spiro atoms. The SMILES string of the molecule is O=C(Nc1ccc(F)c(F)c1)c1cccc(S(=O)(=O)NC2CCCC(O)C2)c1. The van der Waals surface area contributed by atoms with Crippen LogP contribution in [0, 0.1) is 11.6 Å². The second-order valence-electron chi connectivity index (χ2n) is 6.75. The number of halogens is 2. The number of aliphatic hydroxyl groups is 1. The number of sulfonamides is 1. The highest BCUT2D eigenvalue weighted by Gasteiger charge is 2.26. The van der Waals surface area contributed by atoms with Crippen LogP contribution in [0.4, 0.5) is 14.5 Å². The molecule has 3 rings (SSSR count). The normalized spacial score (nSPS) is 20.0. The van der Waals surface area contributed by atoms with E-state index < -0.39 is 33.7 Å². The van der Waals surface area contributed by atoms with Crippen LogP contribution in [0.1, 0.15) is 36.0 Å². The molecule has 9 heteroatoms. The lowest BCUT2D eigenvalue weighted by atomic mass is 9.94. The summed E-state index contributed by atoms with van der Waals surface area (Å²) in [5.41, 5.74) is 0.0998. The Bertz CT molecular complexity index is 982. The van der Waals surface area contributed by atoms with Gasteiger partial charge in [0.2, 0.25) is 10.0 Å². The summed E-state index contributed by atoms with van der Waals surface area (Å²) in [6.07, 6.45) is 1.82. The molecule has 1 fully saturated rings. The fourth-order valence-corrected chi connectivity index (χ4v) is 4.47. The lowest BCUT2D eigenvalue weighted by molar-refractivity contribution is 0.102. The van der Waals surface area contributed by atoms with Crippen LogP contribution in [-0.2, 0) is 10.0 Å². The monoisotopic (exact) mass is 410 g/mol. The molecule has 28 heavy (non-hydrogen) atoms. The molecule has 1 aliphatic carbocycles. The lowest BCUT2D eigenvalue weighted by Crippen LogP contribution is -2.39. The third kappa shape index (κ3) is 4.92. The van der Waals surface area contributed by atoms with Gasteiger partial charge in [-0.1, -0.05) is 6.07 Å². The summed E-state index contributed by atoms with van der Waals surface area (Å²) in [6.45, 7) is 0. The Kier molecular flexibility index (Phi) is 6.07. The maximum absolute atomic E-state index is 13.3. The van der Waals surface area contributed by atoms with Crippen molar-refractivity contribution in [2.24, 2.45) is 0 Å². The summed E-state index contributed by atoms with van der Waals surface area (Å²) in [6, 6.07) is 7.95. The number of aliphatic hydroxyl groups excluding tert-OH is 1. The zero-order chi connectivity index (χ0) is 20.3. The van der Waals surface area contributed by atoms with E-state index >= 15 is 0 Å². The molecule has 0 radical (unpaired) electrons. The van der Waals surface area contributed by atoms with Crippen molar-refractivity contribution in [1.29, 1.82) is 0 Å². The van der Waals surface area contributed by atoms with Crippen molar-refractivity contribution in [3.63, 3.8) is 0 Å². The Labute approximate surface area is 161 Å². The van der Waals surface area contributed by atoms with Crippen molar-refractivity contribution in [3.05, 3.63) is 59.7 Å². The van der Waals surface area contributed by atoms with Gasteiger partial charge < -0.3 is 10.4 Å². The van der Waals surface area contributed by atoms with Crippen LogP contribution >= 0.6 is 0 Å². The molecule has 0 aromatic heterocycles. The predicted octanol–water partition coefficient (Wildman–Crippen LogP) is 2.80. The average Bonchev–Trinajstić information content (AvgIpc) is 2.64. The molecular formula is C19H20F2N2O4S. The Morgan fingerprint density at radius 1 is 1.07 bits per heavy atom. The average molecular weight is 410 g/mol. The predicted molar refractivity (Wildman–Crippen MR) is 99.3 cm³/mol. The molecule has 2 unspecified atom stereocenters. The van der Waals surface area contributed by atoms with Crippen LogP contribution in [0.15, 0.2) is 47.4 Å². The van der Waals surface area contributed by atoms with E-state index in [0.717, 1.165) is 18.6 Å². The first-order valence-corrected chi connectivity index (χ1v) is 10.3. The van der Waals surface area contributed by atoms with Gasteiger partial charge in [-0.3, -0.25) is 4.79 Å².